The van der Waals surface area contributed by atoms with Gasteiger partial charge in [0, 0.05) is 29.6 Å². The van der Waals surface area contributed by atoms with Gasteiger partial charge < -0.3 is 10.4 Å². The number of hydrogen-bond donors (Lipinski definition) is 2. The van der Waals surface area contributed by atoms with Gasteiger partial charge in [0.25, 0.3) is 0 Å². The Kier molecular flexibility index (Phi) is 6.02. The topological polar surface area (TPSA) is 50.1 Å². The molecule has 0 amide bonds. The van der Waals surface area contributed by atoms with E-state index in [4.69, 9.17) is 5.11 Å². The summed E-state index contributed by atoms with van der Waals surface area (Å²) < 4.78 is 1.88. The molecule has 0 spiro atoms. The van der Waals surface area contributed by atoms with Crippen molar-refractivity contribution < 1.29 is 5.11 Å². The number of nitrogens with zero attached hydrogens (tertiary/aromatic N) is 2. The van der Waals surface area contributed by atoms with Crippen molar-refractivity contribution in [3.63, 3.8) is 0 Å². The number of nitrogens with one attached hydrogen (secondary N) is 1. The minimum Gasteiger partial charge on any atom is -0.394 e. The van der Waals surface area contributed by atoms with Gasteiger partial charge in [-0.15, -0.1) is 0 Å². The predicted molar refractivity (Wildman–Crippen MR) is 73.5 cm³/mol. The first-order chi connectivity index (χ1) is 8.10. The monoisotopic (exact) mass is 257 g/mol. The fourth-order valence-electron chi connectivity index (χ4n) is 1.89. The van der Waals surface area contributed by atoms with E-state index >= 15 is 0 Å². The van der Waals surface area contributed by atoms with E-state index < -0.39 is 0 Å². The van der Waals surface area contributed by atoms with Gasteiger partial charge in [-0.1, -0.05) is 0 Å². The summed E-state index contributed by atoms with van der Waals surface area (Å²) in [5.74, 6) is 1.11. The quantitative estimate of drug-likeness (QED) is 0.774. The Morgan fingerprint density at radius 3 is 2.76 bits per heavy atom. The lowest BCUT2D eigenvalue weighted by Crippen LogP contribution is -2.28. The highest BCUT2D eigenvalue weighted by atomic mass is 32.2. The van der Waals surface area contributed by atoms with E-state index in [-0.39, 0.29) is 6.61 Å². The van der Waals surface area contributed by atoms with Gasteiger partial charge in [-0.05, 0) is 27.0 Å². The molecular weight excluding hydrogens is 234 g/mol. The molecule has 1 atom stereocenters. The molecule has 0 aromatic carbocycles. The predicted octanol–water partition coefficient (Wildman–Crippen LogP) is 1.33. The summed E-state index contributed by atoms with van der Waals surface area (Å²) in [6.45, 7) is 7.85. The normalized spacial score (nSPS) is 13.0. The first-order valence-electron chi connectivity index (χ1n) is 5.96. The maximum Gasteiger partial charge on any atom is 0.0644 e. The summed E-state index contributed by atoms with van der Waals surface area (Å²) >= 11 is 1.85. The molecule has 0 saturated heterocycles. The second-order valence-corrected chi connectivity index (χ2v) is 5.24. The average molecular weight is 257 g/mol. The molecule has 98 valence electrons. The number of aromatic nitrogens is 2. The Morgan fingerprint density at radius 1 is 1.47 bits per heavy atom. The number of aliphatic hydroxyl groups excluding tert-OH is 1. The van der Waals surface area contributed by atoms with Crippen molar-refractivity contribution in [3.05, 3.63) is 17.0 Å². The second-order valence-electron chi connectivity index (χ2n) is 4.33. The van der Waals surface area contributed by atoms with Crippen LogP contribution in [-0.4, -0.2) is 39.5 Å². The zero-order valence-electron chi connectivity index (χ0n) is 11.2. The van der Waals surface area contributed by atoms with Crippen molar-refractivity contribution in [1.82, 2.24) is 15.1 Å². The molecular formula is C12H23N3OS. The molecule has 1 rings (SSSR count). The van der Waals surface area contributed by atoms with E-state index in [1.165, 1.54) is 5.56 Å². The SMILES string of the molecule is CSCC(C)NCc1c(C)nn(CCO)c1C. The third-order valence-electron chi connectivity index (χ3n) is 2.89. The zero-order valence-corrected chi connectivity index (χ0v) is 12.0. The zero-order chi connectivity index (χ0) is 12.8. The van der Waals surface area contributed by atoms with Crippen LogP contribution in [0.3, 0.4) is 0 Å². The number of aryl methyl sites for hydroxylation is 1. The summed E-state index contributed by atoms with van der Waals surface area (Å²) in [5.41, 5.74) is 3.46. The lowest BCUT2D eigenvalue weighted by molar-refractivity contribution is 0.267. The van der Waals surface area contributed by atoms with Gasteiger partial charge in [-0.3, -0.25) is 4.68 Å². The van der Waals surface area contributed by atoms with Crippen LogP contribution >= 0.6 is 11.8 Å². The highest BCUT2D eigenvalue weighted by molar-refractivity contribution is 7.98. The molecule has 1 unspecified atom stereocenters. The number of aliphatic hydroxyl groups is 1. The maximum absolute atomic E-state index is 8.95. The van der Waals surface area contributed by atoms with E-state index in [0.717, 1.165) is 23.7 Å². The Morgan fingerprint density at radius 2 is 2.18 bits per heavy atom. The highest BCUT2D eigenvalue weighted by Crippen LogP contribution is 2.13. The van der Waals surface area contributed by atoms with Gasteiger partial charge in [0.2, 0.25) is 0 Å². The second kappa shape index (κ2) is 7.03. The maximum atomic E-state index is 8.95. The fourth-order valence-corrected chi connectivity index (χ4v) is 2.51. The first kappa shape index (κ1) is 14.5. The van der Waals surface area contributed by atoms with Crippen molar-refractivity contribution in [1.29, 1.82) is 0 Å². The van der Waals surface area contributed by atoms with Crippen molar-refractivity contribution >= 4 is 11.8 Å². The lowest BCUT2D eigenvalue weighted by Gasteiger charge is -2.12. The average Bonchev–Trinajstić information content (AvgIpc) is 2.53. The first-order valence-corrected chi connectivity index (χ1v) is 7.35. The van der Waals surface area contributed by atoms with Gasteiger partial charge in [0.05, 0.1) is 18.8 Å². The minimum atomic E-state index is 0.137. The van der Waals surface area contributed by atoms with Gasteiger partial charge in [-0.2, -0.15) is 16.9 Å². The number of rotatable bonds is 7. The van der Waals surface area contributed by atoms with E-state index in [2.05, 4.69) is 30.5 Å². The molecule has 0 radical (unpaired) electrons. The van der Waals surface area contributed by atoms with Gasteiger partial charge in [0.1, 0.15) is 0 Å². The Balaban J connectivity index is 2.64. The molecule has 0 bridgehead atoms. The van der Waals surface area contributed by atoms with Crippen molar-refractivity contribution in [2.75, 3.05) is 18.6 Å². The van der Waals surface area contributed by atoms with Crippen molar-refractivity contribution in [3.8, 4) is 0 Å². The molecule has 1 aromatic rings. The van der Waals surface area contributed by atoms with Crippen molar-refractivity contribution in [2.45, 2.75) is 39.9 Å². The molecule has 0 saturated carbocycles. The molecule has 1 heterocycles. The van der Waals surface area contributed by atoms with Crippen LogP contribution in [0.15, 0.2) is 0 Å². The van der Waals surface area contributed by atoms with Crippen LogP contribution in [0.4, 0.5) is 0 Å². The summed E-state index contributed by atoms with van der Waals surface area (Å²) in [4.78, 5) is 0. The minimum absolute atomic E-state index is 0.137. The van der Waals surface area contributed by atoms with Crippen LogP contribution in [0.2, 0.25) is 0 Å². The lowest BCUT2D eigenvalue weighted by atomic mass is 10.2. The van der Waals surface area contributed by atoms with Gasteiger partial charge in [-0.25, -0.2) is 0 Å². The summed E-state index contributed by atoms with van der Waals surface area (Å²) in [7, 11) is 0. The molecule has 4 nitrogen and oxygen atoms in total. The van der Waals surface area contributed by atoms with Crippen LogP contribution in [0, 0.1) is 13.8 Å². The van der Waals surface area contributed by atoms with E-state index in [1.54, 1.807) is 0 Å². The molecule has 0 fully saturated rings. The number of hydrogen-bond acceptors (Lipinski definition) is 4. The third kappa shape index (κ3) is 4.01. The Labute approximate surface area is 108 Å². The molecule has 5 heteroatoms. The third-order valence-corrected chi connectivity index (χ3v) is 3.72. The van der Waals surface area contributed by atoms with E-state index in [1.807, 2.05) is 23.4 Å². The van der Waals surface area contributed by atoms with E-state index in [9.17, 15) is 0 Å². The molecule has 17 heavy (non-hydrogen) atoms. The van der Waals surface area contributed by atoms with Crippen molar-refractivity contribution in [2.24, 2.45) is 0 Å². The Bertz CT molecular complexity index is 352. The van der Waals surface area contributed by atoms with Gasteiger partial charge in [0.15, 0.2) is 0 Å². The molecule has 0 aliphatic heterocycles. The van der Waals surface area contributed by atoms with Crippen LogP contribution in [0.25, 0.3) is 0 Å². The standard InChI is InChI=1S/C12H23N3OS/c1-9(8-17-4)13-7-12-10(2)14-15(5-6-16)11(12)3/h9,13,16H,5-8H2,1-4H3. The summed E-state index contributed by atoms with van der Waals surface area (Å²) in [5, 5.41) is 16.9. The summed E-state index contributed by atoms with van der Waals surface area (Å²) in [6.07, 6.45) is 2.12. The van der Waals surface area contributed by atoms with Gasteiger partial charge >= 0.3 is 0 Å². The van der Waals surface area contributed by atoms with Crippen LogP contribution in [-0.2, 0) is 13.1 Å². The molecule has 0 aliphatic rings. The summed E-state index contributed by atoms with van der Waals surface area (Å²) in [6, 6.07) is 0.505. The largest absolute Gasteiger partial charge is 0.394 e. The van der Waals surface area contributed by atoms with Crippen LogP contribution in [0.1, 0.15) is 23.9 Å². The number of thioether (sulfide) groups is 1. The van der Waals surface area contributed by atoms with E-state index in [0.29, 0.717) is 12.6 Å². The molecule has 2 N–H and O–H groups in total. The smallest absolute Gasteiger partial charge is 0.0644 e. The fraction of sp³-hybridized carbons (Fsp3) is 0.750. The molecule has 0 aliphatic carbocycles. The highest BCUT2D eigenvalue weighted by Gasteiger charge is 2.11. The Hall–Kier alpha value is -0.520. The van der Waals surface area contributed by atoms with Crippen LogP contribution in [0.5, 0.6) is 0 Å². The molecule has 1 aromatic heterocycles. The van der Waals surface area contributed by atoms with Crippen LogP contribution < -0.4 is 5.32 Å².